The molecule has 1 unspecified atom stereocenters. The first-order valence-electron chi connectivity index (χ1n) is 7.29. The first kappa shape index (κ1) is 13.8. The fraction of sp³-hybridized carbons (Fsp3) is 0.929. The topological polar surface area (TPSA) is 43.8 Å². The van der Waals surface area contributed by atoms with Crippen molar-refractivity contribution >= 4 is 5.97 Å². The Morgan fingerprint density at radius 2 is 2.00 bits per heavy atom. The summed E-state index contributed by atoms with van der Waals surface area (Å²) in [5.41, 5.74) is 0. The molecule has 0 amide bonds. The van der Waals surface area contributed by atoms with Gasteiger partial charge in [0.15, 0.2) is 0 Å². The summed E-state index contributed by atoms with van der Waals surface area (Å²) in [6, 6.07) is 0.427. The number of piperidine rings is 1. The average Bonchev–Trinajstić information content (AvgIpc) is 2.81. The van der Waals surface area contributed by atoms with Gasteiger partial charge in [0.1, 0.15) is 0 Å². The molecule has 1 saturated heterocycles. The van der Waals surface area contributed by atoms with Gasteiger partial charge in [-0.25, -0.2) is 0 Å². The summed E-state index contributed by atoms with van der Waals surface area (Å²) in [6.45, 7) is 3.66. The SMILES string of the molecule is CN(CC(=O)O)C1CCCN(CC2CCCC2)C1. The van der Waals surface area contributed by atoms with Gasteiger partial charge in [-0.2, -0.15) is 0 Å². The van der Waals surface area contributed by atoms with Crippen LogP contribution in [0.25, 0.3) is 0 Å². The minimum atomic E-state index is -0.717. The highest BCUT2D eigenvalue weighted by Crippen LogP contribution is 2.26. The minimum Gasteiger partial charge on any atom is -0.480 e. The Hall–Kier alpha value is -0.610. The Labute approximate surface area is 110 Å². The molecule has 0 aromatic heterocycles. The van der Waals surface area contributed by atoms with Crippen LogP contribution in [0, 0.1) is 5.92 Å². The van der Waals surface area contributed by atoms with Gasteiger partial charge in [-0.3, -0.25) is 9.69 Å². The number of rotatable bonds is 5. The first-order valence-corrected chi connectivity index (χ1v) is 7.29. The van der Waals surface area contributed by atoms with Gasteiger partial charge >= 0.3 is 5.97 Å². The lowest BCUT2D eigenvalue weighted by molar-refractivity contribution is -0.138. The Morgan fingerprint density at radius 1 is 1.28 bits per heavy atom. The predicted molar refractivity (Wildman–Crippen MR) is 71.7 cm³/mol. The third-order valence-corrected chi connectivity index (χ3v) is 4.48. The van der Waals surface area contributed by atoms with Gasteiger partial charge in [0.2, 0.25) is 0 Å². The van der Waals surface area contributed by atoms with Gasteiger partial charge < -0.3 is 10.0 Å². The number of likely N-dealkylation sites (N-methyl/N-ethyl adjacent to an activating group) is 1. The lowest BCUT2D eigenvalue weighted by Crippen LogP contribution is -2.48. The largest absolute Gasteiger partial charge is 0.480 e. The summed E-state index contributed by atoms with van der Waals surface area (Å²) in [7, 11) is 1.94. The standard InChI is InChI=1S/C14H26N2O2/c1-15(11-14(17)18)13-7-4-8-16(10-13)9-12-5-2-3-6-12/h12-13H,2-11H2,1H3,(H,17,18). The Morgan fingerprint density at radius 3 is 2.67 bits per heavy atom. The fourth-order valence-electron chi connectivity index (χ4n) is 3.46. The zero-order valence-electron chi connectivity index (χ0n) is 11.5. The van der Waals surface area contributed by atoms with E-state index in [-0.39, 0.29) is 6.54 Å². The lowest BCUT2D eigenvalue weighted by Gasteiger charge is -2.38. The summed E-state index contributed by atoms with van der Waals surface area (Å²) in [5.74, 6) is 0.180. The highest BCUT2D eigenvalue weighted by molar-refractivity contribution is 5.69. The second-order valence-electron chi connectivity index (χ2n) is 6.01. The number of carboxylic acid groups (broad SMARTS) is 1. The van der Waals surface area contributed by atoms with Crippen LogP contribution in [0.3, 0.4) is 0 Å². The van der Waals surface area contributed by atoms with Crippen molar-refractivity contribution in [2.45, 2.75) is 44.6 Å². The van der Waals surface area contributed by atoms with Crippen molar-refractivity contribution in [3.63, 3.8) is 0 Å². The summed E-state index contributed by atoms with van der Waals surface area (Å²) >= 11 is 0. The number of hydrogen-bond donors (Lipinski definition) is 1. The van der Waals surface area contributed by atoms with Gasteiger partial charge in [-0.1, -0.05) is 12.8 Å². The van der Waals surface area contributed by atoms with Crippen LogP contribution in [-0.2, 0) is 4.79 Å². The third-order valence-electron chi connectivity index (χ3n) is 4.48. The van der Waals surface area contributed by atoms with Crippen molar-refractivity contribution in [1.29, 1.82) is 0 Å². The zero-order chi connectivity index (χ0) is 13.0. The average molecular weight is 254 g/mol. The molecule has 0 aromatic rings. The molecule has 0 aromatic carbocycles. The number of nitrogens with zero attached hydrogens (tertiary/aromatic N) is 2. The van der Waals surface area contributed by atoms with Crippen molar-refractivity contribution in [3.05, 3.63) is 0 Å². The quantitative estimate of drug-likeness (QED) is 0.810. The van der Waals surface area contributed by atoms with Crippen LogP contribution in [0.2, 0.25) is 0 Å². The van der Waals surface area contributed by atoms with Crippen LogP contribution in [-0.4, -0.2) is 60.1 Å². The maximum atomic E-state index is 10.8. The molecule has 104 valence electrons. The van der Waals surface area contributed by atoms with Crippen LogP contribution in [0.1, 0.15) is 38.5 Å². The number of hydrogen-bond acceptors (Lipinski definition) is 3. The molecule has 4 heteroatoms. The van der Waals surface area contributed by atoms with E-state index in [9.17, 15) is 4.79 Å². The normalized spacial score (nSPS) is 26.9. The Balaban J connectivity index is 1.78. The van der Waals surface area contributed by atoms with Gasteiger partial charge in [0.25, 0.3) is 0 Å². The van der Waals surface area contributed by atoms with Crippen LogP contribution in [0.5, 0.6) is 0 Å². The molecule has 0 radical (unpaired) electrons. The molecule has 1 atom stereocenters. The Bertz CT molecular complexity index is 277. The zero-order valence-corrected chi connectivity index (χ0v) is 11.5. The second-order valence-corrected chi connectivity index (χ2v) is 6.01. The van der Waals surface area contributed by atoms with Crippen LogP contribution < -0.4 is 0 Å². The highest BCUT2D eigenvalue weighted by atomic mass is 16.4. The monoisotopic (exact) mass is 254 g/mol. The summed E-state index contributed by atoms with van der Waals surface area (Å²) in [4.78, 5) is 15.3. The molecule has 4 nitrogen and oxygen atoms in total. The molecule has 2 aliphatic rings. The molecular formula is C14H26N2O2. The van der Waals surface area contributed by atoms with Gasteiger partial charge in [0, 0.05) is 19.1 Å². The highest BCUT2D eigenvalue weighted by Gasteiger charge is 2.26. The number of carboxylic acids is 1. The molecule has 2 fully saturated rings. The van der Waals surface area contributed by atoms with E-state index in [0.717, 1.165) is 18.9 Å². The maximum absolute atomic E-state index is 10.8. The second kappa shape index (κ2) is 6.53. The van der Waals surface area contributed by atoms with E-state index in [4.69, 9.17) is 5.11 Å². The molecular weight excluding hydrogens is 228 g/mol. The van der Waals surface area contributed by atoms with Crippen molar-refractivity contribution in [1.82, 2.24) is 9.80 Å². The van der Waals surface area contributed by atoms with E-state index in [2.05, 4.69) is 4.90 Å². The number of carbonyl (C=O) groups is 1. The number of likely N-dealkylation sites (tertiary alicyclic amines) is 1. The van der Waals surface area contributed by atoms with Crippen molar-refractivity contribution in [2.75, 3.05) is 33.2 Å². The van der Waals surface area contributed by atoms with Gasteiger partial charge in [-0.05, 0) is 45.2 Å². The molecule has 0 spiro atoms. The van der Waals surface area contributed by atoms with Crippen molar-refractivity contribution < 1.29 is 9.90 Å². The summed E-state index contributed by atoms with van der Waals surface area (Å²) in [5, 5.41) is 8.85. The van der Waals surface area contributed by atoms with E-state index in [1.165, 1.54) is 45.2 Å². The molecule has 1 saturated carbocycles. The fourth-order valence-corrected chi connectivity index (χ4v) is 3.46. The maximum Gasteiger partial charge on any atom is 0.317 e. The molecule has 0 bridgehead atoms. The molecule has 1 heterocycles. The summed E-state index contributed by atoms with van der Waals surface area (Å²) in [6.07, 6.45) is 7.95. The van der Waals surface area contributed by atoms with Crippen molar-refractivity contribution in [2.24, 2.45) is 5.92 Å². The van der Waals surface area contributed by atoms with E-state index >= 15 is 0 Å². The van der Waals surface area contributed by atoms with Crippen LogP contribution >= 0.6 is 0 Å². The van der Waals surface area contributed by atoms with Gasteiger partial charge in [-0.15, -0.1) is 0 Å². The minimum absolute atomic E-state index is 0.169. The molecule has 1 N–H and O–H groups in total. The number of aliphatic carboxylic acids is 1. The van der Waals surface area contributed by atoms with Gasteiger partial charge in [0.05, 0.1) is 6.54 Å². The molecule has 1 aliphatic heterocycles. The van der Waals surface area contributed by atoms with Crippen LogP contribution in [0.4, 0.5) is 0 Å². The predicted octanol–water partition coefficient (Wildman–Crippen LogP) is 1.66. The van der Waals surface area contributed by atoms with Crippen LogP contribution in [0.15, 0.2) is 0 Å². The van der Waals surface area contributed by atoms with Crippen molar-refractivity contribution in [3.8, 4) is 0 Å². The van der Waals surface area contributed by atoms with E-state index in [1.54, 1.807) is 0 Å². The smallest absolute Gasteiger partial charge is 0.317 e. The van der Waals surface area contributed by atoms with E-state index in [0.29, 0.717) is 6.04 Å². The first-order chi connectivity index (χ1) is 8.65. The molecule has 1 aliphatic carbocycles. The Kier molecular flexibility index (Phi) is 5.01. The molecule has 2 rings (SSSR count). The van der Waals surface area contributed by atoms with E-state index in [1.807, 2.05) is 11.9 Å². The lowest BCUT2D eigenvalue weighted by atomic mass is 10.0. The summed E-state index contributed by atoms with van der Waals surface area (Å²) < 4.78 is 0. The molecule has 18 heavy (non-hydrogen) atoms. The van der Waals surface area contributed by atoms with E-state index < -0.39 is 5.97 Å². The third kappa shape index (κ3) is 3.95.